The topological polar surface area (TPSA) is 32.7 Å². The minimum absolute atomic E-state index is 0.237. The van der Waals surface area contributed by atoms with E-state index in [0.29, 0.717) is 19.6 Å². The Balaban J connectivity index is 2.58. The normalized spacial score (nSPS) is 14.6. The van der Waals surface area contributed by atoms with Crippen molar-refractivity contribution in [1.82, 2.24) is 4.90 Å². The average molecular weight is 287 g/mol. The second-order valence-corrected chi connectivity index (χ2v) is 4.94. The lowest BCUT2D eigenvalue weighted by Gasteiger charge is -2.28. The number of likely N-dealkylation sites (N-methyl/N-ethyl adjacent to an activating group) is 1. The zero-order valence-electron chi connectivity index (χ0n) is 12.3. The summed E-state index contributed by atoms with van der Waals surface area (Å²) in [5.74, 6) is -1.33. The van der Waals surface area contributed by atoms with Crippen LogP contribution in [0.5, 0.6) is 0 Å². The molecule has 0 heterocycles. The first-order valence-electron chi connectivity index (χ1n) is 6.85. The third kappa shape index (κ3) is 5.15. The summed E-state index contributed by atoms with van der Waals surface area (Å²) in [5, 5.41) is 10.0. The quantitative estimate of drug-likeness (QED) is 0.798. The van der Waals surface area contributed by atoms with Crippen LogP contribution in [-0.2, 0) is 4.74 Å². The maximum absolute atomic E-state index is 13.1. The Hall–Kier alpha value is -1.04. The molecule has 0 aliphatic rings. The Bertz CT molecular complexity index is 395. The van der Waals surface area contributed by atoms with Gasteiger partial charge in [0, 0.05) is 25.8 Å². The number of aliphatic hydroxyl groups excluding tert-OH is 1. The molecule has 0 fully saturated rings. The lowest BCUT2D eigenvalue weighted by molar-refractivity contribution is 0.0839. The van der Waals surface area contributed by atoms with Gasteiger partial charge in [-0.15, -0.1) is 0 Å². The molecule has 2 unspecified atom stereocenters. The largest absolute Gasteiger partial charge is 0.388 e. The lowest BCUT2D eigenvalue weighted by atomic mass is 10.1. The molecule has 0 saturated heterocycles. The molecular formula is C15H23F2NO2. The average Bonchev–Trinajstić information content (AvgIpc) is 2.38. The molecule has 0 amide bonds. The molecule has 0 aromatic heterocycles. The van der Waals surface area contributed by atoms with Crippen LogP contribution in [0.15, 0.2) is 18.2 Å². The fourth-order valence-electron chi connectivity index (χ4n) is 2.26. The van der Waals surface area contributed by atoms with Crippen LogP contribution in [0.25, 0.3) is 0 Å². The van der Waals surface area contributed by atoms with E-state index in [1.54, 1.807) is 7.11 Å². The van der Waals surface area contributed by atoms with Gasteiger partial charge in [-0.3, -0.25) is 4.90 Å². The molecule has 0 radical (unpaired) electrons. The molecule has 114 valence electrons. The summed E-state index contributed by atoms with van der Waals surface area (Å²) in [4.78, 5) is 2.16. The number of nitrogens with zero attached hydrogens (tertiary/aromatic N) is 1. The second kappa shape index (κ2) is 8.29. The monoisotopic (exact) mass is 287 g/mol. The molecule has 1 aromatic rings. The number of benzene rings is 1. The summed E-state index contributed by atoms with van der Waals surface area (Å²) < 4.78 is 31.3. The number of halogens is 2. The number of aliphatic hydroxyl groups is 1. The summed E-state index contributed by atoms with van der Waals surface area (Å²) >= 11 is 0. The van der Waals surface area contributed by atoms with Crippen molar-refractivity contribution in [2.45, 2.75) is 32.4 Å². The van der Waals surface area contributed by atoms with Gasteiger partial charge in [0.1, 0.15) is 11.6 Å². The van der Waals surface area contributed by atoms with Gasteiger partial charge in [0.25, 0.3) is 0 Å². The minimum Gasteiger partial charge on any atom is -0.388 e. The van der Waals surface area contributed by atoms with Gasteiger partial charge in [-0.2, -0.15) is 0 Å². The van der Waals surface area contributed by atoms with Crippen molar-refractivity contribution in [3.8, 4) is 0 Å². The zero-order valence-corrected chi connectivity index (χ0v) is 12.3. The van der Waals surface area contributed by atoms with Crippen molar-refractivity contribution in [2.75, 3.05) is 26.8 Å². The van der Waals surface area contributed by atoms with Gasteiger partial charge in [0.15, 0.2) is 0 Å². The smallest absolute Gasteiger partial charge is 0.126 e. The van der Waals surface area contributed by atoms with Crippen molar-refractivity contribution in [3.05, 3.63) is 35.4 Å². The van der Waals surface area contributed by atoms with Gasteiger partial charge in [0.05, 0.1) is 12.7 Å². The second-order valence-electron chi connectivity index (χ2n) is 4.94. The van der Waals surface area contributed by atoms with Crippen LogP contribution in [0.1, 0.15) is 31.9 Å². The molecule has 1 aromatic carbocycles. The molecule has 0 aliphatic carbocycles. The zero-order chi connectivity index (χ0) is 15.1. The summed E-state index contributed by atoms with van der Waals surface area (Å²) in [5.41, 5.74) is 0.276. The van der Waals surface area contributed by atoms with E-state index in [2.05, 4.69) is 4.90 Å². The molecule has 1 N–H and O–H groups in total. The number of methoxy groups -OCH3 is 1. The van der Waals surface area contributed by atoms with Gasteiger partial charge in [-0.25, -0.2) is 8.78 Å². The van der Waals surface area contributed by atoms with E-state index in [-0.39, 0.29) is 11.6 Å². The third-order valence-corrected chi connectivity index (χ3v) is 3.40. The molecule has 0 aliphatic heterocycles. The number of ether oxygens (including phenoxy) is 1. The SMILES string of the molecule is CCN(CCC(O)c1cc(F)cc(F)c1)C(C)COC. The summed E-state index contributed by atoms with van der Waals surface area (Å²) in [6.07, 6.45) is -0.450. The minimum atomic E-state index is -0.871. The highest BCUT2D eigenvalue weighted by Gasteiger charge is 2.15. The van der Waals surface area contributed by atoms with E-state index < -0.39 is 17.7 Å². The third-order valence-electron chi connectivity index (χ3n) is 3.40. The molecule has 20 heavy (non-hydrogen) atoms. The predicted molar refractivity (Wildman–Crippen MR) is 74.5 cm³/mol. The highest BCUT2D eigenvalue weighted by Crippen LogP contribution is 2.20. The van der Waals surface area contributed by atoms with E-state index in [0.717, 1.165) is 12.6 Å². The van der Waals surface area contributed by atoms with Gasteiger partial charge >= 0.3 is 0 Å². The maximum atomic E-state index is 13.1. The van der Waals surface area contributed by atoms with E-state index in [1.165, 1.54) is 12.1 Å². The predicted octanol–water partition coefficient (Wildman–Crippen LogP) is 2.75. The van der Waals surface area contributed by atoms with E-state index in [9.17, 15) is 13.9 Å². The van der Waals surface area contributed by atoms with Crippen molar-refractivity contribution in [1.29, 1.82) is 0 Å². The number of rotatable bonds is 8. The molecule has 3 nitrogen and oxygen atoms in total. The summed E-state index contributed by atoms with van der Waals surface area (Å²) in [6, 6.07) is 3.38. The fraction of sp³-hybridized carbons (Fsp3) is 0.600. The van der Waals surface area contributed by atoms with Crippen molar-refractivity contribution in [2.24, 2.45) is 0 Å². The van der Waals surface area contributed by atoms with Crippen molar-refractivity contribution in [3.63, 3.8) is 0 Å². The Morgan fingerprint density at radius 3 is 2.35 bits per heavy atom. The van der Waals surface area contributed by atoms with Crippen LogP contribution in [0.3, 0.4) is 0 Å². The fourth-order valence-corrected chi connectivity index (χ4v) is 2.26. The highest BCUT2D eigenvalue weighted by molar-refractivity contribution is 5.20. The molecule has 0 bridgehead atoms. The lowest BCUT2D eigenvalue weighted by Crippen LogP contribution is -2.37. The number of hydrogen-bond acceptors (Lipinski definition) is 3. The van der Waals surface area contributed by atoms with Crippen molar-refractivity contribution < 1.29 is 18.6 Å². The Kier molecular flexibility index (Phi) is 7.05. The van der Waals surface area contributed by atoms with Crippen LogP contribution in [0.4, 0.5) is 8.78 Å². The molecule has 0 saturated carbocycles. The van der Waals surface area contributed by atoms with Crippen LogP contribution in [0.2, 0.25) is 0 Å². The first kappa shape index (κ1) is 17.0. The van der Waals surface area contributed by atoms with E-state index in [4.69, 9.17) is 4.74 Å². The van der Waals surface area contributed by atoms with Crippen LogP contribution < -0.4 is 0 Å². The highest BCUT2D eigenvalue weighted by atomic mass is 19.1. The Morgan fingerprint density at radius 1 is 1.25 bits per heavy atom. The summed E-state index contributed by atoms with van der Waals surface area (Å²) in [6.45, 7) is 6.15. The number of hydrogen-bond donors (Lipinski definition) is 1. The Morgan fingerprint density at radius 2 is 1.85 bits per heavy atom. The van der Waals surface area contributed by atoms with Crippen LogP contribution in [0, 0.1) is 11.6 Å². The van der Waals surface area contributed by atoms with Gasteiger partial charge in [0.2, 0.25) is 0 Å². The standard InChI is InChI=1S/C15H23F2NO2/c1-4-18(11(2)10-20-3)6-5-15(19)12-7-13(16)9-14(17)8-12/h7-9,11,15,19H,4-6,10H2,1-3H3. The summed E-state index contributed by atoms with van der Waals surface area (Å²) in [7, 11) is 1.65. The molecule has 5 heteroatoms. The maximum Gasteiger partial charge on any atom is 0.126 e. The first-order chi connectivity index (χ1) is 9.47. The van der Waals surface area contributed by atoms with Gasteiger partial charge < -0.3 is 9.84 Å². The molecule has 2 atom stereocenters. The van der Waals surface area contributed by atoms with Crippen LogP contribution in [-0.4, -0.2) is 42.9 Å². The van der Waals surface area contributed by atoms with E-state index in [1.807, 2.05) is 13.8 Å². The van der Waals surface area contributed by atoms with Gasteiger partial charge in [-0.1, -0.05) is 6.92 Å². The molecule has 1 rings (SSSR count). The van der Waals surface area contributed by atoms with Crippen molar-refractivity contribution >= 4 is 0 Å². The first-order valence-corrected chi connectivity index (χ1v) is 6.85. The van der Waals surface area contributed by atoms with Gasteiger partial charge in [-0.05, 0) is 37.6 Å². The molecule has 0 spiro atoms. The molecular weight excluding hydrogens is 264 g/mol. The Labute approximate surface area is 119 Å². The van der Waals surface area contributed by atoms with Crippen LogP contribution >= 0.6 is 0 Å². The van der Waals surface area contributed by atoms with E-state index >= 15 is 0 Å².